The molecule has 2 N–H and O–H groups in total. The van der Waals surface area contributed by atoms with Crippen molar-refractivity contribution in [2.24, 2.45) is 0 Å². The third-order valence-electron chi connectivity index (χ3n) is 0.985. The maximum atomic E-state index is 8.34. The van der Waals surface area contributed by atoms with Gasteiger partial charge in [0.25, 0.3) is 0 Å². The summed E-state index contributed by atoms with van der Waals surface area (Å²) >= 11 is 0. The number of hydrogen-bond acceptors (Lipinski definition) is 3. The molecule has 0 aliphatic rings. The van der Waals surface area contributed by atoms with Crippen molar-refractivity contribution in [3.05, 3.63) is 30.3 Å². The first-order chi connectivity index (χ1) is 4.79. The van der Waals surface area contributed by atoms with E-state index < -0.39 is 7.32 Å². The Morgan fingerprint density at radius 2 is 1.64 bits per heavy atom. The largest absolute Gasteiger partial charge is 0.707 e. The smallest absolute Gasteiger partial charge is 0.512 e. The first-order valence-corrected chi connectivity index (χ1v) is 2.87. The van der Waals surface area contributed by atoms with Crippen molar-refractivity contribution in [3.63, 3.8) is 0 Å². The Balaban J connectivity index is 0.000001000. The summed E-state index contributed by atoms with van der Waals surface area (Å²) in [5.41, 5.74) is 0. The maximum absolute atomic E-state index is 8.34. The molecule has 1 rings (SSSR count). The van der Waals surface area contributed by atoms with Crippen LogP contribution < -0.4 is 4.65 Å². The van der Waals surface area contributed by atoms with E-state index in [1.165, 1.54) is 0 Å². The van der Waals surface area contributed by atoms with Gasteiger partial charge in [0.15, 0.2) is 0 Å². The molecule has 1 aromatic carbocycles. The third kappa shape index (κ3) is 4.06. The zero-order valence-electron chi connectivity index (χ0n) is 5.57. The molecule has 0 amide bonds. The summed E-state index contributed by atoms with van der Waals surface area (Å²) in [6, 6.07) is 8.59. The van der Waals surface area contributed by atoms with E-state index >= 15 is 0 Å². The van der Waals surface area contributed by atoms with Crippen LogP contribution in [-0.4, -0.2) is 17.4 Å². The zero-order valence-corrected chi connectivity index (χ0v) is 6.51. The van der Waals surface area contributed by atoms with E-state index in [2.05, 4.69) is 4.65 Å². The fourth-order valence-corrected chi connectivity index (χ4v) is 0.621. The van der Waals surface area contributed by atoms with Crippen molar-refractivity contribution in [2.45, 2.75) is 0 Å². The molecule has 0 spiro atoms. The second-order valence-electron chi connectivity index (χ2n) is 1.76. The number of benzene rings is 1. The van der Waals surface area contributed by atoms with Gasteiger partial charge in [0.05, 0.1) is 0 Å². The van der Waals surface area contributed by atoms with Crippen LogP contribution in [-0.2, 0) is 17.1 Å². The summed E-state index contributed by atoms with van der Waals surface area (Å²) in [7, 11) is -1.73. The molecule has 0 aliphatic carbocycles. The molecular formula is C6H7BCuO3. The predicted octanol–water partition coefficient (Wildman–Crippen LogP) is 0.0324. The van der Waals surface area contributed by atoms with Crippen LogP contribution in [0.1, 0.15) is 0 Å². The van der Waals surface area contributed by atoms with Gasteiger partial charge in [0, 0.05) is 17.1 Å². The van der Waals surface area contributed by atoms with Gasteiger partial charge in [0.1, 0.15) is 5.75 Å². The Kier molecular flexibility index (Phi) is 4.99. The molecule has 1 radical (unpaired) electrons. The molecule has 1 aromatic rings. The summed E-state index contributed by atoms with van der Waals surface area (Å²) in [6.45, 7) is 0. The van der Waals surface area contributed by atoms with Crippen LogP contribution in [0, 0.1) is 0 Å². The van der Waals surface area contributed by atoms with E-state index in [1.54, 1.807) is 24.3 Å². The third-order valence-corrected chi connectivity index (χ3v) is 0.985. The van der Waals surface area contributed by atoms with Gasteiger partial charge < -0.3 is 14.7 Å². The van der Waals surface area contributed by atoms with Gasteiger partial charge in [-0.15, -0.1) is 0 Å². The van der Waals surface area contributed by atoms with Crippen molar-refractivity contribution in [1.82, 2.24) is 0 Å². The SMILES string of the molecule is OB(O)Oc1ccccc1.[Cu]. The van der Waals surface area contributed by atoms with E-state index in [0.717, 1.165) is 0 Å². The minimum atomic E-state index is -1.73. The van der Waals surface area contributed by atoms with Crippen molar-refractivity contribution < 1.29 is 31.8 Å². The van der Waals surface area contributed by atoms with Crippen molar-refractivity contribution in [3.8, 4) is 5.75 Å². The molecule has 0 aromatic heterocycles. The molecular weight excluding hydrogens is 194 g/mol. The van der Waals surface area contributed by atoms with Gasteiger partial charge in [-0.1, -0.05) is 18.2 Å². The summed E-state index contributed by atoms with van der Waals surface area (Å²) in [4.78, 5) is 0. The van der Waals surface area contributed by atoms with Crippen LogP contribution in [0.3, 0.4) is 0 Å². The molecule has 3 nitrogen and oxygen atoms in total. The molecule has 0 aliphatic heterocycles. The maximum Gasteiger partial charge on any atom is 0.707 e. The molecule has 0 bridgehead atoms. The van der Waals surface area contributed by atoms with Gasteiger partial charge in [-0.3, -0.25) is 0 Å². The normalized spacial score (nSPS) is 8.18. The van der Waals surface area contributed by atoms with Gasteiger partial charge in [0.2, 0.25) is 0 Å². The molecule has 0 atom stereocenters. The fourth-order valence-electron chi connectivity index (χ4n) is 0.621. The second kappa shape index (κ2) is 5.21. The average Bonchev–Trinajstić information content (AvgIpc) is 1.88. The summed E-state index contributed by atoms with van der Waals surface area (Å²) < 4.78 is 4.53. The summed E-state index contributed by atoms with van der Waals surface area (Å²) in [5, 5.41) is 16.7. The van der Waals surface area contributed by atoms with Crippen LogP contribution in [0.25, 0.3) is 0 Å². The van der Waals surface area contributed by atoms with Gasteiger partial charge in [-0.05, 0) is 12.1 Å². The Hall–Kier alpha value is -0.476. The van der Waals surface area contributed by atoms with Crippen LogP contribution in [0.15, 0.2) is 30.3 Å². The first kappa shape index (κ1) is 10.5. The monoisotopic (exact) mass is 201 g/mol. The Morgan fingerprint density at radius 3 is 2.09 bits per heavy atom. The Bertz CT molecular complexity index is 192. The summed E-state index contributed by atoms with van der Waals surface area (Å²) in [5.74, 6) is 0.442. The van der Waals surface area contributed by atoms with E-state index in [-0.39, 0.29) is 17.1 Å². The van der Waals surface area contributed by atoms with Crippen LogP contribution in [0.5, 0.6) is 5.75 Å². The topological polar surface area (TPSA) is 49.7 Å². The quantitative estimate of drug-likeness (QED) is 0.664. The number of hydrogen-bond donors (Lipinski definition) is 2. The van der Waals surface area contributed by atoms with Gasteiger partial charge >= 0.3 is 7.32 Å². The van der Waals surface area contributed by atoms with Crippen LogP contribution in [0.2, 0.25) is 0 Å². The fraction of sp³-hybridized carbons (Fsp3) is 0. The van der Waals surface area contributed by atoms with Crippen molar-refractivity contribution in [2.75, 3.05) is 0 Å². The first-order valence-electron chi connectivity index (χ1n) is 2.87. The molecule has 63 valence electrons. The molecule has 0 unspecified atom stereocenters. The molecule has 0 heterocycles. The van der Waals surface area contributed by atoms with Gasteiger partial charge in [-0.25, -0.2) is 0 Å². The van der Waals surface area contributed by atoms with Crippen molar-refractivity contribution >= 4 is 7.32 Å². The number of rotatable bonds is 2. The van der Waals surface area contributed by atoms with Gasteiger partial charge in [-0.2, -0.15) is 0 Å². The summed E-state index contributed by atoms with van der Waals surface area (Å²) in [6.07, 6.45) is 0. The minimum Gasteiger partial charge on any atom is -0.512 e. The zero-order chi connectivity index (χ0) is 7.40. The second-order valence-corrected chi connectivity index (χ2v) is 1.76. The average molecular weight is 201 g/mol. The number of para-hydroxylation sites is 1. The van der Waals surface area contributed by atoms with Crippen molar-refractivity contribution in [1.29, 1.82) is 0 Å². The van der Waals surface area contributed by atoms with E-state index in [9.17, 15) is 0 Å². The molecule has 0 saturated carbocycles. The Morgan fingerprint density at radius 1 is 1.09 bits per heavy atom. The van der Waals surface area contributed by atoms with E-state index in [1.807, 2.05) is 6.07 Å². The van der Waals surface area contributed by atoms with E-state index in [0.29, 0.717) is 5.75 Å². The van der Waals surface area contributed by atoms with Crippen LogP contribution in [0.4, 0.5) is 0 Å². The molecule has 0 saturated heterocycles. The molecule has 0 fully saturated rings. The standard InChI is InChI=1S/C6H7BO3.Cu/c8-7(9)10-6-4-2-1-3-5-6;/h1-5,8-9H;. The molecule has 5 heteroatoms. The minimum absolute atomic E-state index is 0. The predicted molar refractivity (Wildman–Crippen MR) is 37.3 cm³/mol. The molecule has 11 heavy (non-hydrogen) atoms. The van der Waals surface area contributed by atoms with E-state index in [4.69, 9.17) is 10.0 Å². The van der Waals surface area contributed by atoms with Crippen LogP contribution >= 0.6 is 0 Å². The Labute approximate surface area is 75.7 Å².